The Kier molecular flexibility index (Phi) is 7.01. The number of nitrogens with one attached hydrogen (secondary N) is 1. The van der Waals surface area contributed by atoms with Crippen LogP contribution in [0.3, 0.4) is 0 Å². The van der Waals surface area contributed by atoms with Crippen LogP contribution in [-0.2, 0) is 4.79 Å². The number of carboxylic acid groups (broad SMARTS) is 1. The van der Waals surface area contributed by atoms with Crippen LogP contribution in [0.5, 0.6) is 0 Å². The van der Waals surface area contributed by atoms with Gasteiger partial charge in [0.05, 0.1) is 11.3 Å². The van der Waals surface area contributed by atoms with Gasteiger partial charge in [0.15, 0.2) is 0 Å². The van der Waals surface area contributed by atoms with Crippen LogP contribution in [0.2, 0.25) is 0 Å². The van der Waals surface area contributed by atoms with Gasteiger partial charge in [0.2, 0.25) is 5.95 Å². The molecule has 0 radical (unpaired) electrons. The number of hydrogen-bond donors (Lipinski definition) is 2. The quantitative estimate of drug-likeness (QED) is 0.718. The summed E-state index contributed by atoms with van der Waals surface area (Å²) < 4.78 is 0. The number of aryl methyl sites for hydroxylation is 1. The van der Waals surface area contributed by atoms with Crippen LogP contribution >= 0.6 is 11.8 Å². The van der Waals surface area contributed by atoms with Gasteiger partial charge in [0.1, 0.15) is 6.04 Å². The van der Waals surface area contributed by atoms with Gasteiger partial charge in [-0.3, -0.25) is 4.79 Å². The van der Waals surface area contributed by atoms with Crippen molar-refractivity contribution in [1.29, 1.82) is 0 Å². The zero-order chi connectivity index (χ0) is 18.4. The molecule has 25 heavy (non-hydrogen) atoms. The van der Waals surface area contributed by atoms with Crippen molar-refractivity contribution in [2.24, 2.45) is 0 Å². The molecule has 1 unspecified atom stereocenters. The van der Waals surface area contributed by atoms with E-state index >= 15 is 0 Å². The van der Waals surface area contributed by atoms with E-state index in [0.29, 0.717) is 29.4 Å². The van der Waals surface area contributed by atoms with E-state index in [1.165, 1.54) is 6.20 Å². The number of piperazine rings is 1. The zero-order valence-corrected chi connectivity index (χ0v) is 15.7. The van der Waals surface area contributed by atoms with Crippen molar-refractivity contribution in [1.82, 2.24) is 20.2 Å². The number of carbonyl (C=O) groups is 2. The van der Waals surface area contributed by atoms with Crippen molar-refractivity contribution >= 4 is 29.6 Å². The molecule has 0 bridgehead atoms. The average molecular weight is 367 g/mol. The molecule has 0 spiro atoms. The molecule has 1 aromatic heterocycles. The van der Waals surface area contributed by atoms with E-state index in [9.17, 15) is 14.7 Å². The van der Waals surface area contributed by atoms with Crippen LogP contribution in [0.25, 0.3) is 0 Å². The summed E-state index contributed by atoms with van der Waals surface area (Å²) in [4.78, 5) is 36.8. The van der Waals surface area contributed by atoms with Crippen molar-refractivity contribution in [2.45, 2.75) is 19.4 Å². The molecule has 2 heterocycles. The fourth-order valence-electron chi connectivity index (χ4n) is 2.57. The van der Waals surface area contributed by atoms with Crippen molar-refractivity contribution in [3.63, 3.8) is 0 Å². The average Bonchev–Trinajstić information content (AvgIpc) is 2.58. The first kappa shape index (κ1) is 19.5. The summed E-state index contributed by atoms with van der Waals surface area (Å²) in [5.74, 6) is -0.208. The Labute approximate surface area is 152 Å². The Balaban J connectivity index is 2.06. The van der Waals surface area contributed by atoms with Gasteiger partial charge in [0, 0.05) is 32.4 Å². The van der Waals surface area contributed by atoms with Crippen molar-refractivity contribution in [2.75, 3.05) is 50.1 Å². The van der Waals surface area contributed by atoms with Gasteiger partial charge in [-0.15, -0.1) is 0 Å². The minimum absolute atomic E-state index is 0.313. The molecule has 1 aromatic rings. The van der Waals surface area contributed by atoms with Crippen LogP contribution < -0.4 is 10.2 Å². The first-order valence-electron chi connectivity index (χ1n) is 8.22. The predicted molar refractivity (Wildman–Crippen MR) is 98.4 cm³/mol. The second kappa shape index (κ2) is 9.00. The van der Waals surface area contributed by atoms with Crippen molar-refractivity contribution in [3.8, 4) is 0 Å². The van der Waals surface area contributed by atoms with E-state index in [1.807, 2.05) is 6.26 Å². The summed E-state index contributed by atoms with van der Waals surface area (Å²) in [6.45, 7) is 5.32. The van der Waals surface area contributed by atoms with Gasteiger partial charge in [-0.25, -0.2) is 14.8 Å². The number of hydrogen-bond acceptors (Lipinski definition) is 7. The van der Waals surface area contributed by atoms with E-state index in [4.69, 9.17) is 0 Å². The Bertz CT molecular complexity index is 620. The summed E-state index contributed by atoms with van der Waals surface area (Å²) >= 11 is 1.54. The minimum Gasteiger partial charge on any atom is -0.480 e. The largest absolute Gasteiger partial charge is 0.480 e. The number of aliphatic carboxylic acids is 1. The standard InChI is InChI=1S/C16H25N5O3S/c1-11-12(14(22)19-13(15(23)24)4-9-25-3)10-17-16(18-11)21-7-5-20(2)6-8-21/h10,13H,4-9H2,1-3H3,(H,19,22)(H,23,24). The highest BCUT2D eigenvalue weighted by Gasteiger charge is 2.23. The van der Waals surface area contributed by atoms with Crippen molar-refractivity contribution < 1.29 is 14.7 Å². The van der Waals surface area contributed by atoms with Gasteiger partial charge in [-0.2, -0.15) is 11.8 Å². The fourth-order valence-corrected chi connectivity index (χ4v) is 3.04. The normalized spacial score (nSPS) is 16.5. The van der Waals surface area contributed by atoms with Gasteiger partial charge in [0.25, 0.3) is 5.91 Å². The molecule has 2 rings (SSSR count). The number of amides is 1. The maximum Gasteiger partial charge on any atom is 0.326 e. The lowest BCUT2D eigenvalue weighted by atomic mass is 10.2. The molecular weight excluding hydrogens is 342 g/mol. The molecule has 138 valence electrons. The third kappa shape index (κ3) is 5.30. The molecule has 0 aromatic carbocycles. The third-order valence-corrected chi connectivity index (χ3v) is 4.86. The maximum absolute atomic E-state index is 12.4. The number of aromatic nitrogens is 2. The lowest BCUT2D eigenvalue weighted by Gasteiger charge is -2.32. The molecule has 0 aliphatic carbocycles. The van der Waals surface area contributed by atoms with Gasteiger partial charge in [-0.1, -0.05) is 0 Å². The third-order valence-electron chi connectivity index (χ3n) is 4.21. The van der Waals surface area contributed by atoms with Gasteiger partial charge in [-0.05, 0) is 32.4 Å². The monoisotopic (exact) mass is 367 g/mol. The predicted octanol–water partition coefficient (Wildman–Crippen LogP) is 0.473. The number of thioether (sulfide) groups is 1. The number of carbonyl (C=O) groups excluding carboxylic acids is 1. The maximum atomic E-state index is 12.4. The zero-order valence-electron chi connectivity index (χ0n) is 14.9. The molecule has 1 amide bonds. The van der Waals surface area contributed by atoms with Crippen LogP contribution in [0.1, 0.15) is 22.5 Å². The molecule has 1 fully saturated rings. The molecule has 0 saturated carbocycles. The molecular formula is C16H25N5O3S. The highest BCUT2D eigenvalue weighted by Crippen LogP contribution is 2.14. The first-order valence-corrected chi connectivity index (χ1v) is 9.61. The molecule has 1 aliphatic rings. The second-order valence-electron chi connectivity index (χ2n) is 6.11. The molecule has 2 N–H and O–H groups in total. The lowest BCUT2D eigenvalue weighted by Crippen LogP contribution is -2.45. The summed E-state index contributed by atoms with van der Waals surface area (Å²) in [6, 6.07) is -0.906. The lowest BCUT2D eigenvalue weighted by molar-refractivity contribution is -0.139. The number of rotatable bonds is 7. The summed E-state index contributed by atoms with van der Waals surface area (Å²) in [5.41, 5.74) is 0.865. The SMILES string of the molecule is CSCCC(NC(=O)c1cnc(N2CCN(C)CC2)nc1C)C(=O)O. The van der Waals surface area contributed by atoms with Crippen molar-refractivity contribution in [3.05, 3.63) is 17.5 Å². The van der Waals surface area contributed by atoms with Crippen LogP contribution in [0, 0.1) is 6.92 Å². The van der Waals surface area contributed by atoms with Crippen LogP contribution in [-0.4, -0.2) is 83.1 Å². The minimum atomic E-state index is -1.03. The number of anilines is 1. The van der Waals surface area contributed by atoms with E-state index in [-0.39, 0.29) is 0 Å². The number of likely N-dealkylation sites (N-methyl/N-ethyl adjacent to an activating group) is 1. The Morgan fingerprint density at radius 1 is 1.36 bits per heavy atom. The highest BCUT2D eigenvalue weighted by atomic mass is 32.2. The van der Waals surface area contributed by atoms with Crippen LogP contribution in [0.15, 0.2) is 6.20 Å². The second-order valence-corrected chi connectivity index (χ2v) is 7.09. The summed E-state index contributed by atoms with van der Waals surface area (Å²) in [7, 11) is 2.08. The Hall–Kier alpha value is -1.87. The summed E-state index contributed by atoms with van der Waals surface area (Å²) in [6.07, 6.45) is 3.76. The van der Waals surface area contributed by atoms with E-state index in [1.54, 1.807) is 18.7 Å². The fraction of sp³-hybridized carbons (Fsp3) is 0.625. The Morgan fingerprint density at radius 2 is 2.04 bits per heavy atom. The van der Waals surface area contributed by atoms with E-state index in [2.05, 4.69) is 32.1 Å². The molecule has 1 atom stereocenters. The Morgan fingerprint density at radius 3 is 2.60 bits per heavy atom. The summed E-state index contributed by atoms with van der Waals surface area (Å²) in [5, 5.41) is 11.8. The highest BCUT2D eigenvalue weighted by molar-refractivity contribution is 7.98. The smallest absolute Gasteiger partial charge is 0.326 e. The van der Waals surface area contributed by atoms with E-state index in [0.717, 1.165) is 26.2 Å². The topological polar surface area (TPSA) is 98.7 Å². The molecule has 1 saturated heterocycles. The first-order chi connectivity index (χ1) is 11.9. The van der Waals surface area contributed by atoms with Gasteiger partial charge < -0.3 is 20.2 Å². The van der Waals surface area contributed by atoms with Crippen LogP contribution in [0.4, 0.5) is 5.95 Å². The molecule has 8 nitrogen and oxygen atoms in total. The number of nitrogens with zero attached hydrogens (tertiary/aromatic N) is 4. The van der Waals surface area contributed by atoms with E-state index < -0.39 is 17.9 Å². The number of carboxylic acids is 1. The van der Waals surface area contributed by atoms with Gasteiger partial charge >= 0.3 is 5.97 Å². The molecule has 1 aliphatic heterocycles. The molecule has 9 heteroatoms.